The van der Waals surface area contributed by atoms with Crippen molar-refractivity contribution in [2.24, 2.45) is 0 Å². The minimum Gasteiger partial charge on any atom is -0.456 e. The second-order valence-corrected chi connectivity index (χ2v) is 7.98. The highest BCUT2D eigenvalue weighted by molar-refractivity contribution is 9.10. The standard InChI is InChI=1S/C19H17Br2ClN2O4/c20-12-4-7-14(8-5-12)23-17(25)2-1-3-19(27)28-11-18(26)24-16-9-6-13(21)10-15(16)22/h4-10H,1-3,11H2,(H,23,25)(H,24,26). The second kappa shape index (κ2) is 11.2. The van der Waals surface area contributed by atoms with E-state index in [1.807, 2.05) is 12.1 Å². The molecule has 0 aliphatic heterocycles. The zero-order valence-electron chi connectivity index (χ0n) is 14.6. The van der Waals surface area contributed by atoms with E-state index in [2.05, 4.69) is 42.5 Å². The molecule has 0 aliphatic carbocycles. The summed E-state index contributed by atoms with van der Waals surface area (Å²) in [6.45, 7) is -0.420. The van der Waals surface area contributed by atoms with E-state index in [1.54, 1.807) is 30.3 Å². The third-order valence-corrected chi connectivity index (χ3v) is 4.82. The van der Waals surface area contributed by atoms with Crippen LogP contribution >= 0.6 is 43.5 Å². The van der Waals surface area contributed by atoms with Crippen LogP contribution in [0.15, 0.2) is 51.4 Å². The Morgan fingerprint density at radius 2 is 1.57 bits per heavy atom. The number of anilines is 2. The molecule has 0 radical (unpaired) electrons. The summed E-state index contributed by atoms with van der Waals surface area (Å²) < 4.78 is 6.61. The minimum atomic E-state index is -0.548. The number of hydrogen-bond donors (Lipinski definition) is 2. The lowest BCUT2D eigenvalue weighted by Crippen LogP contribution is -2.21. The number of amides is 2. The molecule has 0 bridgehead atoms. The van der Waals surface area contributed by atoms with Crippen LogP contribution in [-0.4, -0.2) is 24.4 Å². The third-order valence-electron chi connectivity index (χ3n) is 3.48. The summed E-state index contributed by atoms with van der Waals surface area (Å²) in [4.78, 5) is 35.4. The molecule has 2 aromatic rings. The second-order valence-electron chi connectivity index (χ2n) is 5.74. The highest BCUT2D eigenvalue weighted by atomic mass is 79.9. The molecule has 2 amide bonds. The van der Waals surface area contributed by atoms with Gasteiger partial charge in [-0.2, -0.15) is 0 Å². The fourth-order valence-corrected chi connectivity index (χ4v) is 3.13. The highest BCUT2D eigenvalue weighted by Gasteiger charge is 2.11. The monoisotopic (exact) mass is 530 g/mol. The van der Waals surface area contributed by atoms with E-state index < -0.39 is 18.5 Å². The quantitative estimate of drug-likeness (QED) is 0.461. The van der Waals surface area contributed by atoms with Gasteiger partial charge in [0.1, 0.15) is 0 Å². The van der Waals surface area contributed by atoms with Crippen LogP contribution in [0, 0.1) is 0 Å². The van der Waals surface area contributed by atoms with Gasteiger partial charge in [-0.1, -0.05) is 43.5 Å². The molecule has 0 aliphatic rings. The van der Waals surface area contributed by atoms with Crippen molar-refractivity contribution in [3.05, 3.63) is 56.4 Å². The minimum absolute atomic E-state index is 0.0417. The lowest BCUT2D eigenvalue weighted by Gasteiger charge is -2.08. The van der Waals surface area contributed by atoms with Crippen LogP contribution < -0.4 is 10.6 Å². The van der Waals surface area contributed by atoms with E-state index >= 15 is 0 Å². The number of esters is 1. The van der Waals surface area contributed by atoms with Gasteiger partial charge in [0.15, 0.2) is 6.61 Å². The maximum Gasteiger partial charge on any atom is 0.306 e. The largest absolute Gasteiger partial charge is 0.456 e. The van der Waals surface area contributed by atoms with Crippen LogP contribution in [-0.2, 0) is 19.1 Å². The highest BCUT2D eigenvalue weighted by Crippen LogP contribution is 2.25. The van der Waals surface area contributed by atoms with E-state index in [0.29, 0.717) is 22.8 Å². The summed E-state index contributed by atoms with van der Waals surface area (Å²) in [6.07, 6.45) is 0.535. The van der Waals surface area contributed by atoms with E-state index in [-0.39, 0.29) is 18.7 Å². The summed E-state index contributed by atoms with van der Waals surface area (Å²) in [6, 6.07) is 12.2. The predicted octanol–water partition coefficient (Wildman–Crippen LogP) is 5.16. The molecular weight excluding hydrogens is 515 g/mol. The maximum atomic E-state index is 11.8. The number of carbonyl (C=O) groups is 3. The Bertz CT molecular complexity index is 860. The number of hydrogen-bond acceptors (Lipinski definition) is 4. The topological polar surface area (TPSA) is 84.5 Å². The zero-order valence-corrected chi connectivity index (χ0v) is 18.6. The van der Waals surface area contributed by atoms with E-state index in [0.717, 1.165) is 8.95 Å². The first kappa shape index (κ1) is 22.4. The van der Waals surface area contributed by atoms with E-state index in [9.17, 15) is 14.4 Å². The molecule has 0 aromatic heterocycles. The smallest absolute Gasteiger partial charge is 0.306 e. The lowest BCUT2D eigenvalue weighted by molar-refractivity contribution is -0.147. The molecule has 9 heteroatoms. The molecular formula is C19H17Br2ClN2O4. The summed E-state index contributed by atoms with van der Waals surface area (Å²) in [5.74, 6) is -1.24. The maximum absolute atomic E-state index is 11.8. The van der Waals surface area contributed by atoms with Crippen molar-refractivity contribution in [3.8, 4) is 0 Å². The van der Waals surface area contributed by atoms with Crippen molar-refractivity contribution in [1.82, 2.24) is 0 Å². The first-order valence-electron chi connectivity index (χ1n) is 8.29. The molecule has 0 heterocycles. The number of ether oxygens (including phenoxy) is 1. The molecule has 2 aromatic carbocycles. The molecule has 0 spiro atoms. The number of rotatable bonds is 8. The van der Waals surface area contributed by atoms with Gasteiger partial charge in [0.25, 0.3) is 5.91 Å². The summed E-state index contributed by atoms with van der Waals surface area (Å²) >= 11 is 12.6. The van der Waals surface area contributed by atoms with Crippen LogP contribution in [0.3, 0.4) is 0 Å². The summed E-state index contributed by atoms with van der Waals surface area (Å²) in [5, 5.41) is 5.67. The molecule has 2 N–H and O–H groups in total. The van der Waals surface area contributed by atoms with Crippen LogP contribution in [0.1, 0.15) is 19.3 Å². The van der Waals surface area contributed by atoms with Gasteiger partial charge >= 0.3 is 5.97 Å². The fourth-order valence-electron chi connectivity index (χ4n) is 2.15. The number of halogens is 3. The average Bonchev–Trinajstić information content (AvgIpc) is 2.64. The first-order chi connectivity index (χ1) is 13.3. The number of carbonyl (C=O) groups excluding carboxylic acids is 3. The van der Waals surface area contributed by atoms with Gasteiger partial charge in [-0.05, 0) is 48.9 Å². The van der Waals surface area contributed by atoms with Crippen LogP contribution in [0.2, 0.25) is 5.02 Å². The first-order valence-corrected chi connectivity index (χ1v) is 10.3. The normalized spacial score (nSPS) is 10.2. The van der Waals surface area contributed by atoms with Crippen LogP contribution in [0.25, 0.3) is 0 Å². The Morgan fingerprint density at radius 1 is 0.893 bits per heavy atom. The van der Waals surface area contributed by atoms with Gasteiger partial charge in [-0.25, -0.2) is 0 Å². The molecule has 148 valence electrons. The van der Waals surface area contributed by atoms with Crippen molar-refractivity contribution in [2.75, 3.05) is 17.2 Å². The van der Waals surface area contributed by atoms with Crippen molar-refractivity contribution in [3.63, 3.8) is 0 Å². The Labute approximate surface area is 184 Å². The van der Waals surface area contributed by atoms with Gasteiger partial charge in [-0.3, -0.25) is 14.4 Å². The van der Waals surface area contributed by atoms with E-state index in [4.69, 9.17) is 16.3 Å². The Kier molecular flexibility index (Phi) is 8.95. The van der Waals surface area contributed by atoms with Gasteiger partial charge in [-0.15, -0.1) is 0 Å². The van der Waals surface area contributed by atoms with Gasteiger partial charge < -0.3 is 15.4 Å². The summed E-state index contributed by atoms with van der Waals surface area (Å²) in [5.41, 5.74) is 1.11. The van der Waals surface area contributed by atoms with Gasteiger partial charge in [0.05, 0.1) is 10.7 Å². The van der Waals surface area contributed by atoms with E-state index in [1.165, 1.54) is 0 Å². The molecule has 28 heavy (non-hydrogen) atoms. The number of nitrogens with one attached hydrogen (secondary N) is 2. The van der Waals surface area contributed by atoms with Crippen molar-refractivity contribution in [2.45, 2.75) is 19.3 Å². The zero-order chi connectivity index (χ0) is 20.5. The fraction of sp³-hybridized carbons (Fsp3) is 0.211. The SMILES string of the molecule is O=C(CCCC(=O)OCC(=O)Nc1ccc(Br)cc1Cl)Nc1ccc(Br)cc1. The Hall–Kier alpha value is -1.90. The molecule has 0 atom stereocenters. The van der Waals surface area contributed by atoms with Crippen molar-refractivity contribution in [1.29, 1.82) is 0 Å². The Balaban J connectivity index is 1.64. The van der Waals surface area contributed by atoms with Gasteiger partial charge in [0, 0.05) is 27.5 Å². The van der Waals surface area contributed by atoms with Crippen molar-refractivity contribution >= 4 is 72.6 Å². The predicted molar refractivity (Wildman–Crippen MR) is 115 cm³/mol. The molecule has 0 unspecified atom stereocenters. The van der Waals surface area contributed by atoms with Crippen LogP contribution in [0.4, 0.5) is 11.4 Å². The van der Waals surface area contributed by atoms with Crippen molar-refractivity contribution < 1.29 is 19.1 Å². The molecule has 2 rings (SSSR count). The third kappa shape index (κ3) is 8.00. The molecule has 0 saturated carbocycles. The molecule has 6 nitrogen and oxygen atoms in total. The number of benzene rings is 2. The average molecular weight is 533 g/mol. The lowest BCUT2D eigenvalue weighted by atomic mass is 10.2. The summed E-state index contributed by atoms with van der Waals surface area (Å²) in [7, 11) is 0. The molecule has 0 fully saturated rings. The van der Waals surface area contributed by atoms with Gasteiger partial charge in [0.2, 0.25) is 5.91 Å². The Morgan fingerprint density at radius 3 is 2.25 bits per heavy atom. The van der Waals surface area contributed by atoms with Crippen LogP contribution in [0.5, 0.6) is 0 Å². The molecule has 0 saturated heterocycles.